The van der Waals surface area contributed by atoms with Crippen LogP contribution in [0.5, 0.6) is 0 Å². The molecule has 0 bridgehead atoms. The number of amides is 1. The van der Waals surface area contributed by atoms with Gasteiger partial charge < -0.3 is 5.32 Å². The minimum absolute atomic E-state index is 0.399. The lowest BCUT2D eigenvalue weighted by Gasteiger charge is -2.15. The van der Waals surface area contributed by atoms with Gasteiger partial charge in [0.1, 0.15) is 0 Å². The summed E-state index contributed by atoms with van der Waals surface area (Å²) in [6.07, 6.45) is 0. The number of hydrogen-bond donors (Lipinski definition) is 1. The van der Waals surface area contributed by atoms with Crippen molar-refractivity contribution >= 4 is 39.9 Å². The summed E-state index contributed by atoms with van der Waals surface area (Å²) < 4.78 is 0. The summed E-state index contributed by atoms with van der Waals surface area (Å²) in [7, 11) is 0. The van der Waals surface area contributed by atoms with E-state index in [1.807, 2.05) is 72.8 Å². The van der Waals surface area contributed by atoms with Gasteiger partial charge in [0, 0.05) is 16.0 Å². The minimum atomic E-state index is -1.35. The lowest BCUT2D eigenvalue weighted by Crippen LogP contribution is -2.33. The van der Waals surface area contributed by atoms with Crippen LogP contribution < -0.4 is 5.32 Å². The van der Waals surface area contributed by atoms with Gasteiger partial charge in [0.15, 0.2) is 11.7 Å². The van der Waals surface area contributed by atoms with E-state index in [0.29, 0.717) is 5.69 Å². The molecule has 4 nitrogen and oxygen atoms in total. The third kappa shape index (κ3) is 4.36. The van der Waals surface area contributed by atoms with Gasteiger partial charge in [-0.05, 0) is 30.5 Å². The van der Waals surface area contributed by atoms with Crippen molar-refractivity contribution in [1.82, 2.24) is 0 Å². The highest BCUT2D eigenvalue weighted by atomic mass is 32.2. The van der Waals surface area contributed by atoms with E-state index in [-0.39, 0.29) is 0 Å². The van der Waals surface area contributed by atoms with Crippen molar-refractivity contribution in [2.45, 2.75) is 17.1 Å². The molecule has 1 N–H and O–H groups in total. The standard InChI is InChI=1S/C22H18N2O2S/c1-15(27-17-10-3-2-4-11-17)21(25)19(14-23)22(26)24-20-13-7-9-16-8-5-6-12-18(16)20/h2-13,15,19H,1H3,(H,24,26). The Kier molecular flexibility index (Phi) is 5.90. The van der Waals surface area contributed by atoms with E-state index in [0.717, 1.165) is 15.7 Å². The average molecular weight is 374 g/mol. The van der Waals surface area contributed by atoms with Crippen molar-refractivity contribution in [2.24, 2.45) is 5.92 Å². The fourth-order valence-electron chi connectivity index (χ4n) is 2.79. The van der Waals surface area contributed by atoms with Gasteiger partial charge >= 0.3 is 0 Å². The fourth-order valence-corrected chi connectivity index (χ4v) is 3.76. The van der Waals surface area contributed by atoms with Crippen molar-refractivity contribution in [3.05, 3.63) is 72.8 Å². The average Bonchev–Trinajstić information content (AvgIpc) is 2.69. The largest absolute Gasteiger partial charge is 0.324 e. The molecule has 0 saturated carbocycles. The Bertz CT molecular complexity index is 1010. The number of Topliss-reactive ketones (excluding diaryl/α,β-unsaturated/α-hetero) is 1. The lowest BCUT2D eigenvalue weighted by atomic mass is 10.0. The number of fused-ring (bicyclic) bond motifs is 1. The molecule has 0 heterocycles. The molecule has 134 valence electrons. The number of nitrogens with one attached hydrogen (secondary N) is 1. The van der Waals surface area contributed by atoms with Crippen LogP contribution in [0.15, 0.2) is 77.7 Å². The first-order valence-electron chi connectivity index (χ1n) is 8.54. The van der Waals surface area contributed by atoms with Gasteiger partial charge in [0.25, 0.3) is 0 Å². The van der Waals surface area contributed by atoms with Crippen LogP contribution in [0.3, 0.4) is 0 Å². The SMILES string of the molecule is CC(Sc1ccccc1)C(=O)C(C#N)C(=O)Nc1cccc2ccccc12. The van der Waals surface area contributed by atoms with Crippen molar-refractivity contribution in [1.29, 1.82) is 5.26 Å². The summed E-state index contributed by atoms with van der Waals surface area (Å²) in [5, 5.41) is 13.5. The summed E-state index contributed by atoms with van der Waals surface area (Å²) in [5.41, 5.74) is 0.592. The van der Waals surface area contributed by atoms with Crippen LogP contribution in [0.2, 0.25) is 0 Å². The van der Waals surface area contributed by atoms with Crippen molar-refractivity contribution < 1.29 is 9.59 Å². The second kappa shape index (κ2) is 8.52. The molecule has 5 heteroatoms. The minimum Gasteiger partial charge on any atom is -0.324 e. The summed E-state index contributed by atoms with van der Waals surface area (Å²) in [5.74, 6) is -2.35. The zero-order valence-corrected chi connectivity index (χ0v) is 15.6. The Hall–Kier alpha value is -3.10. The topological polar surface area (TPSA) is 70.0 Å². The molecule has 0 fully saturated rings. The van der Waals surface area contributed by atoms with Gasteiger partial charge in [0.05, 0.1) is 11.3 Å². The monoisotopic (exact) mass is 374 g/mol. The smallest absolute Gasteiger partial charge is 0.249 e. The molecule has 3 rings (SSSR count). The zero-order chi connectivity index (χ0) is 19.2. The van der Waals surface area contributed by atoms with E-state index in [1.165, 1.54) is 11.8 Å². The number of thioether (sulfide) groups is 1. The highest BCUT2D eigenvalue weighted by Crippen LogP contribution is 2.27. The Labute approximate surface area is 162 Å². The number of nitriles is 1. The molecule has 3 aromatic carbocycles. The van der Waals surface area contributed by atoms with Gasteiger partial charge in [0.2, 0.25) is 5.91 Å². The number of nitrogens with zero attached hydrogens (tertiary/aromatic N) is 1. The number of rotatable bonds is 6. The van der Waals surface area contributed by atoms with Gasteiger partial charge in [-0.1, -0.05) is 54.6 Å². The molecular formula is C22H18N2O2S. The molecule has 1 amide bonds. The molecule has 27 heavy (non-hydrogen) atoms. The van der Waals surface area contributed by atoms with E-state index < -0.39 is 22.9 Å². The van der Waals surface area contributed by atoms with Crippen molar-refractivity contribution in [3.8, 4) is 6.07 Å². The third-order valence-electron chi connectivity index (χ3n) is 4.18. The van der Waals surface area contributed by atoms with Crippen LogP contribution in [0.25, 0.3) is 10.8 Å². The van der Waals surface area contributed by atoms with E-state index in [1.54, 1.807) is 13.0 Å². The van der Waals surface area contributed by atoms with Gasteiger partial charge in [-0.2, -0.15) is 5.26 Å². The van der Waals surface area contributed by atoms with E-state index >= 15 is 0 Å². The molecule has 3 aromatic rings. The van der Waals surface area contributed by atoms with Crippen molar-refractivity contribution in [2.75, 3.05) is 5.32 Å². The maximum absolute atomic E-state index is 12.7. The van der Waals surface area contributed by atoms with Crippen molar-refractivity contribution in [3.63, 3.8) is 0 Å². The maximum atomic E-state index is 12.7. The number of ketones is 1. The first kappa shape index (κ1) is 18.7. The van der Waals surface area contributed by atoms with Crippen LogP contribution >= 0.6 is 11.8 Å². The molecular weight excluding hydrogens is 356 g/mol. The number of carbonyl (C=O) groups is 2. The molecule has 0 aliphatic carbocycles. The summed E-state index contributed by atoms with van der Waals surface area (Å²) in [6.45, 7) is 1.72. The van der Waals surface area contributed by atoms with E-state index in [4.69, 9.17) is 0 Å². The second-order valence-corrected chi connectivity index (χ2v) is 7.47. The molecule has 0 aromatic heterocycles. The molecule has 2 atom stereocenters. The van der Waals surface area contributed by atoms with E-state index in [2.05, 4.69) is 5.32 Å². The van der Waals surface area contributed by atoms with Crippen LogP contribution in [-0.2, 0) is 9.59 Å². The fraction of sp³-hybridized carbons (Fsp3) is 0.136. The number of anilines is 1. The van der Waals surface area contributed by atoms with Gasteiger partial charge in [-0.3, -0.25) is 9.59 Å². The van der Waals surface area contributed by atoms with Gasteiger partial charge in [-0.15, -0.1) is 11.8 Å². The molecule has 0 aliphatic heterocycles. The number of benzene rings is 3. The highest BCUT2D eigenvalue weighted by Gasteiger charge is 2.31. The van der Waals surface area contributed by atoms with Crippen LogP contribution in [0.4, 0.5) is 5.69 Å². The molecule has 0 radical (unpaired) electrons. The number of hydrogen-bond acceptors (Lipinski definition) is 4. The summed E-state index contributed by atoms with van der Waals surface area (Å²) in [6, 6.07) is 24.5. The predicted molar refractivity (Wildman–Crippen MR) is 108 cm³/mol. The molecule has 2 unspecified atom stereocenters. The number of carbonyl (C=O) groups excluding carboxylic acids is 2. The van der Waals surface area contributed by atoms with Crippen LogP contribution in [0, 0.1) is 17.2 Å². The van der Waals surface area contributed by atoms with E-state index in [9.17, 15) is 14.9 Å². The Balaban J connectivity index is 1.75. The van der Waals surface area contributed by atoms with Gasteiger partial charge in [-0.25, -0.2) is 0 Å². The Morgan fingerprint density at radius 3 is 2.37 bits per heavy atom. The van der Waals surface area contributed by atoms with Crippen LogP contribution in [-0.4, -0.2) is 16.9 Å². The first-order valence-corrected chi connectivity index (χ1v) is 9.42. The Morgan fingerprint density at radius 1 is 0.963 bits per heavy atom. The lowest BCUT2D eigenvalue weighted by molar-refractivity contribution is -0.128. The Morgan fingerprint density at radius 2 is 1.63 bits per heavy atom. The second-order valence-electron chi connectivity index (χ2n) is 6.05. The molecule has 0 aliphatic rings. The predicted octanol–water partition coefficient (Wildman–Crippen LogP) is 4.67. The summed E-state index contributed by atoms with van der Waals surface area (Å²) in [4.78, 5) is 26.2. The zero-order valence-electron chi connectivity index (χ0n) is 14.8. The molecule has 0 saturated heterocycles. The maximum Gasteiger partial charge on any atom is 0.249 e. The third-order valence-corrected chi connectivity index (χ3v) is 5.31. The first-order chi connectivity index (χ1) is 13.1. The normalized spacial score (nSPS) is 12.7. The quantitative estimate of drug-likeness (QED) is 0.503. The molecule has 0 spiro atoms. The summed E-state index contributed by atoms with van der Waals surface area (Å²) >= 11 is 1.34. The highest BCUT2D eigenvalue weighted by molar-refractivity contribution is 8.00. The van der Waals surface area contributed by atoms with Crippen LogP contribution in [0.1, 0.15) is 6.92 Å².